The first-order chi connectivity index (χ1) is 17.9. The molecule has 0 saturated heterocycles. The first-order valence-corrected chi connectivity index (χ1v) is 14.0. The van der Waals surface area contributed by atoms with E-state index in [1.165, 1.54) is 74.0 Å². The molecule has 5 heteroatoms. The van der Waals surface area contributed by atoms with Gasteiger partial charge in [0.1, 0.15) is 22.2 Å². The van der Waals surface area contributed by atoms with Gasteiger partial charge in [0.25, 0.3) is 0 Å². The average Bonchev–Trinajstić information content (AvgIpc) is 3.22. The van der Waals surface area contributed by atoms with E-state index in [2.05, 4.69) is 12.1 Å². The van der Waals surface area contributed by atoms with Gasteiger partial charge in [0.15, 0.2) is 5.75 Å². The van der Waals surface area contributed by atoms with Gasteiger partial charge in [0, 0.05) is 15.6 Å². The highest BCUT2D eigenvalue weighted by atomic mass is 32.1. The number of ether oxygens (including phenoxy) is 1. The number of halogens is 1. The van der Waals surface area contributed by atoms with Crippen molar-refractivity contribution in [2.75, 3.05) is 0 Å². The van der Waals surface area contributed by atoms with Gasteiger partial charge in [-0.2, -0.15) is 0 Å². The number of hydrogen-bond acceptors (Lipinski definition) is 4. The summed E-state index contributed by atoms with van der Waals surface area (Å²) in [4.78, 5) is 14.2. The lowest BCUT2D eigenvalue weighted by atomic mass is 9.85. The number of fused-ring (bicyclic) bond motifs is 1. The van der Waals surface area contributed by atoms with Crippen molar-refractivity contribution in [2.24, 2.45) is 5.92 Å². The van der Waals surface area contributed by atoms with E-state index in [9.17, 15) is 14.3 Å². The molecule has 192 valence electrons. The van der Waals surface area contributed by atoms with Gasteiger partial charge in [0.2, 0.25) is 5.78 Å². The van der Waals surface area contributed by atoms with Crippen LogP contribution in [0.15, 0.2) is 54.6 Å². The Morgan fingerprint density at radius 3 is 2.41 bits per heavy atom. The first-order valence-electron chi connectivity index (χ1n) is 13.2. The molecular weight excluding hydrogens is 483 g/mol. The predicted octanol–water partition coefficient (Wildman–Crippen LogP) is 9.29. The van der Waals surface area contributed by atoms with E-state index >= 15 is 0 Å². The van der Waals surface area contributed by atoms with Crippen LogP contribution >= 0.6 is 11.3 Å². The van der Waals surface area contributed by atoms with Crippen LogP contribution in [0.5, 0.6) is 17.2 Å². The van der Waals surface area contributed by atoms with Crippen molar-refractivity contribution >= 4 is 27.2 Å². The number of aryl methyl sites for hydroxylation is 3. The molecule has 0 amide bonds. The lowest BCUT2D eigenvalue weighted by molar-refractivity contribution is 0.103. The zero-order chi connectivity index (χ0) is 25.9. The highest BCUT2D eigenvalue weighted by Crippen LogP contribution is 2.43. The molecule has 3 nitrogen and oxygen atoms in total. The zero-order valence-electron chi connectivity index (χ0n) is 21.5. The Bertz CT molecular complexity index is 1390. The highest BCUT2D eigenvalue weighted by molar-refractivity contribution is 7.21. The van der Waals surface area contributed by atoms with Crippen molar-refractivity contribution in [3.05, 3.63) is 87.5 Å². The summed E-state index contributed by atoms with van der Waals surface area (Å²) >= 11 is 1.28. The van der Waals surface area contributed by atoms with Crippen LogP contribution in [0.1, 0.15) is 76.9 Å². The smallest absolute Gasteiger partial charge is 0.207 e. The summed E-state index contributed by atoms with van der Waals surface area (Å²) in [6.45, 7) is 3.49. The Balaban J connectivity index is 1.39. The molecule has 0 aliphatic heterocycles. The molecule has 0 atom stereocenters. The van der Waals surface area contributed by atoms with Crippen molar-refractivity contribution in [3.8, 4) is 17.2 Å². The summed E-state index contributed by atoms with van der Waals surface area (Å²) in [5.41, 5.74) is 2.95. The molecule has 0 radical (unpaired) electrons. The van der Waals surface area contributed by atoms with E-state index in [1.54, 1.807) is 32.0 Å². The summed E-state index contributed by atoms with van der Waals surface area (Å²) in [5, 5.41) is 10.8. The molecule has 0 spiro atoms. The van der Waals surface area contributed by atoms with Crippen molar-refractivity contribution in [2.45, 2.75) is 65.2 Å². The second-order valence-corrected chi connectivity index (χ2v) is 11.4. The molecule has 4 aromatic rings. The van der Waals surface area contributed by atoms with Gasteiger partial charge >= 0.3 is 0 Å². The number of aromatic hydroxyl groups is 1. The fourth-order valence-electron chi connectivity index (χ4n) is 5.61. The van der Waals surface area contributed by atoms with Gasteiger partial charge in [-0.3, -0.25) is 4.79 Å². The molecule has 1 saturated carbocycles. The van der Waals surface area contributed by atoms with E-state index in [1.807, 2.05) is 12.1 Å². The highest BCUT2D eigenvalue weighted by Gasteiger charge is 2.25. The zero-order valence-corrected chi connectivity index (χ0v) is 22.3. The van der Waals surface area contributed by atoms with Crippen LogP contribution in [0.3, 0.4) is 0 Å². The summed E-state index contributed by atoms with van der Waals surface area (Å²) in [6, 6.07) is 15.9. The number of carbonyl (C=O) groups excluding carboxylic acids is 1. The molecule has 5 rings (SSSR count). The van der Waals surface area contributed by atoms with Gasteiger partial charge in [0.05, 0.1) is 0 Å². The lowest BCUT2D eigenvalue weighted by Gasteiger charge is -2.21. The third-order valence-corrected chi connectivity index (χ3v) is 8.64. The van der Waals surface area contributed by atoms with E-state index in [4.69, 9.17) is 4.74 Å². The summed E-state index contributed by atoms with van der Waals surface area (Å²) in [5.74, 6) is 1.59. The topological polar surface area (TPSA) is 46.5 Å². The number of thiophene rings is 1. The Morgan fingerprint density at radius 1 is 1.00 bits per heavy atom. The normalized spacial score (nSPS) is 14.2. The second-order valence-electron chi connectivity index (χ2n) is 10.3. The minimum absolute atomic E-state index is 0.131. The molecule has 1 aromatic heterocycles. The number of phenolic OH excluding ortho intramolecular Hbond substituents is 1. The van der Waals surface area contributed by atoms with Crippen molar-refractivity contribution < 1.29 is 19.0 Å². The molecule has 0 unspecified atom stereocenters. The van der Waals surface area contributed by atoms with E-state index in [0.717, 1.165) is 22.4 Å². The molecule has 1 fully saturated rings. The Kier molecular flexibility index (Phi) is 7.61. The minimum Gasteiger partial charge on any atom is -0.508 e. The monoisotopic (exact) mass is 516 g/mol. The summed E-state index contributed by atoms with van der Waals surface area (Å²) in [7, 11) is 0. The first kappa shape index (κ1) is 25.5. The molecule has 1 aliphatic carbocycles. The summed E-state index contributed by atoms with van der Waals surface area (Å²) < 4.78 is 21.0. The van der Waals surface area contributed by atoms with Crippen LogP contribution in [-0.4, -0.2) is 10.9 Å². The van der Waals surface area contributed by atoms with E-state index in [0.29, 0.717) is 33.1 Å². The Labute approximate surface area is 221 Å². The van der Waals surface area contributed by atoms with Crippen molar-refractivity contribution in [3.63, 3.8) is 0 Å². The largest absolute Gasteiger partial charge is 0.508 e. The molecule has 1 N–H and O–H groups in total. The molecule has 37 heavy (non-hydrogen) atoms. The molecular formula is C32H33FO3S. The maximum absolute atomic E-state index is 13.9. The third-order valence-electron chi connectivity index (χ3n) is 7.50. The van der Waals surface area contributed by atoms with Gasteiger partial charge in [-0.1, -0.05) is 50.7 Å². The van der Waals surface area contributed by atoms with Crippen LogP contribution in [0.2, 0.25) is 0 Å². The average molecular weight is 517 g/mol. The second kappa shape index (κ2) is 11.1. The Morgan fingerprint density at radius 2 is 1.70 bits per heavy atom. The van der Waals surface area contributed by atoms with Crippen LogP contribution in [-0.2, 0) is 6.42 Å². The molecule has 0 bridgehead atoms. The fraction of sp³-hybridized carbons (Fsp3) is 0.344. The number of carbonyl (C=O) groups is 1. The molecule has 3 aromatic carbocycles. The maximum atomic E-state index is 13.9. The van der Waals surface area contributed by atoms with Gasteiger partial charge in [-0.15, -0.1) is 11.3 Å². The van der Waals surface area contributed by atoms with Gasteiger partial charge in [-0.25, -0.2) is 4.39 Å². The third kappa shape index (κ3) is 5.72. The van der Waals surface area contributed by atoms with Crippen LogP contribution in [0, 0.1) is 25.6 Å². The number of ketones is 1. The minimum atomic E-state index is -0.358. The lowest BCUT2D eigenvalue weighted by Crippen LogP contribution is -2.06. The number of rotatable bonds is 8. The number of benzene rings is 3. The van der Waals surface area contributed by atoms with Crippen molar-refractivity contribution in [1.29, 1.82) is 0 Å². The van der Waals surface area contributed by atoms with E-state index < -0.39 is 0 Å². The maximum Gasteiger partial charge on any atom is 0.207 e. The quantitative estimate of drug-likeness (QED) is 0.237. The summed E-state index contributed by atoms with van der Waals surface area (Å²) in [6.07, 6.45) is 10.5. The van der Waals surface area contributed by atoms with E-state index in [-0.39, 0.29) is 17.3 Å². The van der Waals surface area contributed by atoms with Crippen LogP contribution in [0.25, 0.3) is 10.1 Å². The number of phenols is 1. The fourth-order valence-corrected chi connectivity index (χ4v) is 6.72. The van der Waals surface area contributed by atoms with Crippen LogP contribution < -0.4 is 4.74 Å². The van der Waals surface area contributed by atoms with Gasteiger partial charge < -0.3 is 9.84 Å². The SMILES string of the molecule is Cc1cc(F)cc(C)c1C(=O)c1sc2cc(O)ccc2c1Oc1ccc(CCCC2CCCCC2)cc1. The standard InChI is InChI=1S/C32H33FO3S/c1-20-17-24(33)18-21(2)29(20)30(35)32-31(27-16-13-25(34)19-28(27)37-32)36-26-14-11-23(12-15-26)10-6-9-22-7-4-3-5-8-22/h11-19,22,34H,3-10H2,1-2H3. The van der Waals surface area contributed by atoms with Gasteiger partial charge in [-0.05, 0) is 91.8 Å². The molecule has 1 aliphatic rings. The Hall–Kier alpha value is -3.18. The van der Waals surface area contributed by atoms with Crippen molar-refractivity contribution in [1.82, 2.24) is 0 Å². The predicted molar refractivity (Wildman–Crippen MR) is 149 cm³/mol. The van der Waals surface area contributed by atoms with Crippen LogP contribution in [0.4, 0.5) is 4.39 Å². The number of hydrogen-bond donors (Lipinski definition) is 1. The molecule has 1 heterocycles.